The first-order valence-corrected chi connectivity index (χ1v) is 8.82. The maximum absolute atomic E-state index is 13.0. The normalized spacial score (nSPS) is 22.2. The monoisotopic (exact) mass is 341 g/mol. The number of hydrogen-bond acceptors (Lipinski definition) is 4. The van der Waals surface area contributed by atoms with E-state index in [4.69, 9.17) is 9.47 Å². The minimum atomic E-state index is -0.573. The first-order valence-electron chi connectivity index (χ1n) is 8.82. The predicted octanol–water partition coefficient (Wildman–Crippen LogP) is 2.33. The molecule has 0 aliphatic carbocycles. The van der Waals surface area contributed by atoms with Crippen LogP contribution in [0.15, 0.2) is 30.3 Å². The van der Waals surface area contributed by atoms with Gasteiger partial charge in [-0.1, -0.05) is 12.1 Å². The maximum Gasteiger partial charge on any atom is 0.267 e. The third-order valence-corrected chi connectivity index (χ3v) is 4.93. The lowest BCUT2D eigenvalue weighted by molar-refractivity contribution is -0.142. The molecule has 6 heteroatoms. The number of likely N-dealkylation sites (tertiary alicyclic amines) is 1. The summed E-state index contributed by atoms with van der Waals surface area (Å²) in [4.78, 5) is 14.9. The lowest BCUT2D eigenvalue weighted by Crippen LogP contribution is -2.49. The number of amides is 1. The van der Waals surface area contributed by atoms with Gasteiger partial charge in [0.2, 0.25) is 6.10 Å². The van der Waals surface area contributed by atoms with E-state index >= 15 is 0 Å². The van der Waals surface area contributed by atoms with Gasteiger partial charge < -0.3 is 14.4 Å². The van der Waals surface area contributed by atoms with Crippen molar-refractivity contribution in [1.29, 1.82) is 0 Å². The minimum Gasteiger partial charge on any atom is -0.485 e. The highest BCUT2D eigenvalue weighted by atomic mass is 16.6. The van der Waals surface area contributed by atoms with Gasteiger partial charge >= 0.3 is 0 Å². The van der Waals surface area contributed by atoms with Crippen molar-refractivity contribution >= 4 is 5.91 Å². The number of rotatable bonds is 3. The molecule has 0 unspecified atom stereocenters. The van der Waals surface area contributed by atoms with Crippen LogP contribution in [0.4, 0.5) is 0 Å². The molecule has 0 N–H and O–H groups in total. The molecular formula is C19H23N3O3. The summed E-state index contributed by atoms with van der Waals surface area (Å²) in [6, 6.07) is 9.71. The van der Waals surface area contributed by atoms with E-state index in [2.05, 4.69) is 18.1 Å². The molecule has 0 bridgehead atoms. The summed E-state index contributed by atoms with van der Waals surface area (Å²) in [6.07, 6.45) is 1.43. The average Bonchev–Trinajstić information content (AvgIpc) is 3.20. The van der Waals surface area contributed by atoms with E-state index in [1.54, 1.807) is 0 Å². The number of benzene rings is 1. The molecule has 2 aromatic rings. The van der Waals surface area contributed by atoms with Crippen molar-refractivity contribution in [1.82, 2.24) is 14.7 Å². The van der Waals surface area contributed by atoms with Crippen molar-refractivity contribution in [2.45, 2.75) is 45.4 Å². The maximum atomic E-state index is 13.0. The number of carbonyl (C=O) groups excluding carboxylic acids is 1. The molecule has 0 saturated carbocycles. The zero-order valence-corrected chi connectivity index (χ0v) is 14.6. The lowest BCUT2D eigenvalue weighted by atomic mass is 10.2. The molecule has 1 fully saturated rings. The molecule has 4 rings (SSSR count). The fourth-order valence-corrected chi connectivity index (χ4v) is 3.70. The van der Waals surface area contributed by atoms with E-state index in [0.717, 1.165) is 37.3 Å². The van der Waals surface area contributed by atoms with Gasteiger partial charge in [0.25, 0.3) is 5.91 Å². The summed E-state index contributed by atoms with van der Waals surface area (Å²) in [5, 5.41) is 4.53. The number of aryl methyl sites for hydroxylation is 2. The van der Waals surface area contributed by atoms with Gasteiger partial charge in [-0.25, -0.2) is 0 Å². The van der Waals surface area contributed by atoms with E-state index in [9.17, 15) is 4.79 Å². The number of ether oxygens (including phenoxy) is 2. The largest absolute Gasteiger partial charge is 0.485 e. The molecule has 2 aliphatic rings. The Hall–Kier alpha value is -2.50. The molecule has 0 spiro atoms. The minimum absolute atomic E-state index is 0.0125. The smallest absolute Gasteiger partial charge is 0.267 e. The first kappa shape index (κ1) is 16.0. The Morgan fingerprint density at radius 2 is 2.08 bits per heavy atom. The zero-order valence-electron chi connectivity index (χ0n) is 14.6. The Morgan fingerprint density at radius 3 is 2.84 bits per heavy atom. The van der Waals surface area contributed by atoms with Gasteiger partial charge in [0.1, 0.15) is 6.61 Å². The third kappa shape index (κ3) is 3.08. The zero-order chi connectivity index (χ0) is 17.4. The van der Waals surface area contributed by atoms with Gasteiger partial charge in [0.15, 0.2) is 11.5 Å². The standard InChI is InChI=1S/C19H23N3O3/c1-13-10-14(2)22(20-13)11-15-6-5-9-21(15)19(23)18-12-24-16-7-3-4-8-17(16)25-18/h3-4,7-8,10,15,18H,5-6,9,11-12H2,1-2H3/t15-,18-/m0/s1. The van der Waals surface area contributed by atoms with Crippen LogP contribution in [-0.2, 0) is 11.3 Å². The van der Waals surface area contributed by atoms with Crippen LogP contribution in [0.2, 0.25) is 0 Å². The van der Waals surface area contributed by atoms with Crippen LogP contribution < -0.4 is 9.47 Å². The predicted molar refractivity (Wildman–Crippen MR) is 92.8 cm³/mol. The fourth-order valence-electron chi connectivity index (χ4n) is 3.70. The number of hydrogen-bond donors (Lipinski definition) is 0. The van der Waals surface area contributed by atoms with Crippen LogP contribution >= 0.6 is 0 Å². The van der Waals surface area contributed by atoms with Gasteiger partial charge in [-0.3, -0.25) is 9.48 Å². The molecule has 6 nitrogen and oxygen atoms in total. The summed E-state index contributed by atoms with van der Waals surface area (Å²) in [5.74, 6) is 1.35. The van der Waals surface area contributed by atoms with Gasteiger partial charge in [0.05, 0.1) is 18.3 Å². The summed E-state index contributed by atoms with van der Waals surface area (Å²) < 4.78 is 13.6. The molecular weight excluding hydrogens is 318 g/mol. The van der Waals surface area contributed by atoms with Crippen LogP contribution in [0, 0.1) is 13.8 Å². The molecule has 1 aromatic heterocycles. The van der Waals surface area contributed by atoms with E-state index in [1.165, 1.54) is 0 Å². The van der Waals surface area contributed by atoms with Crippen LogP contribution in [0.5, 0.6) is 11.5 Å². The highest BCUT2D eigenvalue weighted by Crippen LogP contribution is 2.32. The number of fused-ring (bicyclic) bond motifs is 1. The molecule has 3 heterocycles. The number of carbonyl (C=O) groups is 1. The Balaban J connectivity index is 1.47. The van der Waals surface area contributed by atoms with E-state index in [-0.39, 0.29) is 18.6 Å². The molecule has 2 atom stereocenters. The Morgan fingerprint density at radius 1 is 1.28 bits per heavy atom. The van der Waals surface area contributed by atoms with Crippen molar-refractivity contribution in [2.24, 2.45) is 0 Å². The number of nitrogens with zero attached hydrogens (tertiary/aromatic N) is 3. The molecule has 0 radical (unpaired) electrons. The highest BCUT2D eigenvalue weighted by molar-refractivity contribution is 5.82. The second kappa shape index (κ2) is 6.43. The van der Waals surface area contributed by atoms with Gasteiger partial charge in [-0.15, -0.1) is 0 Å². The van der Waals surface area contributed by atoms with Gasteiger partial charge in [-0.05, 0) is 44.9 Å². The Bertz CT molecular complexity index is 786. The second-order valence-corrected chi connectivity index (χ2v) is 6.80. The molecule has 2 aliphatic heterocycles. The number of aromatic nitrogens is 2. The molecule has 132 valence electrons. The molecule has 25 heavy (non-hydrogen) atoms. The quantitative estimate of drug-likeness (QED) is 0.860. The topological polar surface area (TPSA) is 56.6 Å². The first-order chi connectivity index (χ1) is 12.1. The van der Waals surface area contributed by atoms with Crippen molar-refractivity contribution in [3.63, 3.8) is 0 Å². The Labute approximate surface area is 147 Å². The molecule has 1 amide bonds. The lowest BCUT2D eigenvalue weighted by Gasteiger charge is -2.31. The highest BCUT2D eigenvalue weighted by Gasteiger charge is 2.37. The van der Waals surface area contributed by atoms with Gasteiger partial charge in [-0.2, -0.15) is 5.10 Å². The van der Waals surface area contributed by atoms with Crippen molar-refractivity contribution in [2.75, 3.05) is 13.2 Å². The van der Waals surface area contributed by atoms with E-state index < -0.39 is 6.10 Å². The van der Waals surface area contributed by atoms with E-state index in [1.807, 2.05) is 40.8 Å². The summed E-state index contributed by atoms with van der Waals surface area (Å²) in [7, 11) is 0. The SMILES string of the molecule is Cc1cc(C)n(C[C@@H]2CCCN2C(=O)[C@@H]2COc3ccccc3O2)n1. The Kier molecular flexibility index (Phi) is 4.11. The third-order valence-electron chi connectivity index (χ3n) is 4.93. The summed E-state index contributed by atoms with van der Waals surface area (Å²) in [5.41, 5.74) is 2.14. The average molecular weight is 341 g/mol. The second-order valence-electron chi connectivity index (χ2n) is 6.80. The summed E-state index contributed by atoms with van der Waals surface area (Å²) in [6.45, 7) is 5.81. The van der Waals surface area contributed by atoms with Crippen LogP contribution in [0.25, 0.3) is 0 Å². The van der Waals surface area contributed by atoms with Crippen molar-refractivity contribution in [3.8, 4) is 11.5 Å². The van der Waals surface area contributed by atoms with Crippen LogP contribution in [0.1, 0.15) is 24.2 Å². The summed E-state index contributed by atoms with van der Waals surface area (Å²) >= 11 is 0. The van der Waals surface area contributed by atoms with Gasteiger partial charge in [0, 0.05) is 12.2 Å². The van der Waals surface area contributed by atoms with E-state index in [0.29, 0.717) is 11.5 Å². The molecule has 1 saturated heterocycles. The fraction of sp³-hybridized carbons (Fsp3) is 0.474. The van der Waals surface area contributed by atoms with Crippen molar-refractivity contribution < 1.29 is 14.3 Å². The number of para-hydroxylation sites is 2. The molecule has 1 aromatic carbocycles. The van der Waals surface area contributed by atoms with Crippen LogP contribution in [0.3, 0.4) is 0 Å². The van der Waals surface area contributed by atoms with Crippen molar-refractivity contribution in [3.05, 3.63) is 41.7 Å². The van der Waals surface area contributed by atoms with Crippen LogP contribution in [-0.4, -0.2) is 45.9 Å².